The third kappa shape index (κ3) is 13.7. The second-order valence-corrected chi connectivity index (χ2v) is 16.6. The van der Waals surface area contributed by atoms with E-state index in [1.54, 1.807) is 27.9 Å². The van der Waals surface area contributed by atoms with Crippen LogP contribution < -0.4 is 26.0 Å². The molecule has 1 heterocycles. The Morgan fingerprint density at radius 1 is 0.739 bits per heavy atom. The van der Waals surface area contributed by atoms with Crippen molar-refractivity contribution >= 4 is 53.6 Å². The normalized spacial score (nSPS) is 19.0. The summed E-state index contributed by atoms with van der Waals surface area (Å²) in [5.74, 6) is -6.17. The second-order valence-electron chi connectivity index (χ2n) is 16.6. The van der Waals surface area contributed by atoms with Gasteiger partial charge in [-0.3, -0.25) is 24.0 Å². The average molecular weight is 962 g/mol. The van der Waals surface area contributed by atoms with Crippen LogP contribution in [0.3, 0.4) is 0 Å². The van der Waals surface area contributed by atoms with Gasteiger partial charge in [-0.15, -0.1) is 0 Å². The molecule has 4 N–H and O–H groups in total. The average Bonchev–Trinajstić information content (AvgIpc) is 3.63. The van der Waals surface area contributed by atoms with E-state index in [2.05, 4.69) is 21.3 Å². The maximum atomic E-state index is 13.9. The number of alkyl carbamates (subject to hydrolysis) is 1. The van der Waals surface area contributed by atoms with Crippen molar-refractivity contribution in [2.75, 3.05) is 46.2 Å². The first-order valence-corrected chi connectivity index (χ1v) is 22.1. The highest BCUT2D eigenvalue weighted by molar-refractivity contribution is 5.99. The van der Waals surface area contributed by atoms with E-state index in [1.807, 2.05) is 48.5 Å². The monoisotopic (exact) mass is 961 g/mol. The van der Waals surface area contributed by atoms with E-state index in [9.17, 15) is 38.4 Å². The van der Waals surface area contributed by atoms with Gasteiger partial charge in [0.1, 0.15) is 31.0 Å². The van der Waals surface area contributed by atoms with Gasteiger partial charge in [0, 0.05) is 46.8 Å². The minimum atomic E-state index is -1.83. The van der Waals surface area contributed by atoms with Gasteiger partial charge in [-0.1, -0.05) is 68.4 Å². The van der Waals surface area contributed by atoms with E-state index in [4.69, 9.17) is 37.9 Å². The quantitative estimate of drug-likeness (QED) is 0.0989. The zero-order valence-electron chi connectivity index (χ0n) is 39.9. The molecule has 0 saturated carbocycles. The third-order valence-corrected chi connectivity index (χ3v) is 11.1. The molecule has 4 amide bonds. The third-order valence-electron chi connectivity index (χ3n) is 11.1. The fourth-order valence-corrected chi connectivity index (χ4v) is 7.69. The molecule has 1 aliphatic carbocycles. The van der Waals surface area contributed by atoms with Crippen LogP contribution in [0.5, 0.6) is 5.75 Å². The summed E-state index contributed by atoms with van der Waals surface area (Å²) < 4.78 is 44.6. The molecule has 1 saturated heterocycles. The lowest BCUT2D eigenvalue weighted by Crippen LogP contribution is -2.64. The van der Waals surface area contributed by atoms with Crippen molar-refractivity contribution in [3.8, 4) is 16.9 Å². The van der Waals surface area contributed by atoms with Crippen LogP contribution in [-0.4, -0.2) is 136 Å². The molecular weight excluding hydrogens is 903 g/mol. The van der Waals surface area contributed by atoms with Crippen molar-refractivity contribution < 1.29 is 76.3 Å². The molecule has 0 bridgehead atoms. The molecule has 1 aliphatic heterocycles. The zero-order chi connectivity index (χ0) is 50.5. The minimum absolute atomic E-state index is 0.0124. The number of likely N-dealkylation sites (N-methyl/N-ethyl adjacent to an activating group) is 2. The number of esters is 4. The first-order chi connectivity index (χ1) is 32.8. The summed E-state index contributed by atoms with van der Waals surface area (Å²) >= 11 is 0. The van der Waals surface area contributed by atoms with Crippen LogP contribution >= 0.6 is 0 Å². The van der Waals surface area contributed by atoms with Crippen LogP contribution in [0.4, 0.5) is 15.3 Å². The maximum absolute atomic E-state index is 13.9. The van der Waals surface area contributed by atoms with Crippen LogP contribution in [0.2, 0.25) is 0 Å². The maximum Gasteiger partial charge on any atom is 0.409 e. The van der Waals surface area contributed by atoms with E-state index >= 15 is 0 Å². The highest BCUT2D eigenvalue weighted by Crippen LogP contribution is 2.44. The first kappa shape index (κ1) is 52.7. The topological polar surface area (TPSA) is 262 Å². The molecule has 0 spiro atoms. The number of nitrogens with one attached hydrogen (secondary N) is 4. The van der Waals surface area contributed by atoms with Gasteiger partial charge in [0.05, 0.1) is 12.8 Å². The highest BCUT2D eigenvalue weighted by Gasteiger charge is 2.56. The lowest BCUT2D eigenvalue weighted by molar-refractivity contribution is -0.282. The number of hydrogen-bond donors (Lipinski definition) is 4. The fraction of sp³-hybridized carbons (Fsp3) is 0.458. The number of hydrogen-bond acceptors (Lipinski definition) is 17. The largest absolute Gasteiger partial charge is 0.467 e. The number of fused-ring (bicyclic) bond motifs is 3. The Balaban J connectivity index is 1.36. The van der Waals surface area contributed by atoms with Gasteiger partial charge in [0.25, 0.3) is 0 Å². The molecule has 372 valence electrons. The van der Waals surface area contributed by atoms with Crippen molar-refractivity contribution in [2.45, 2.75) is 96.9 Å². The summed E-state index contributed by atoms with van der Waals surface area (Å²) in [6.07, 6.45) is -10.2. The molecule has 0 aromatic heterocycles. The number of anilines is 1. The predicted octanol–water partition coefficient (Wildman–Crippen LogP) is 3.55. The Bertz CT molecular complexity index is 2330. The van der Waals surface area contributed by atoms with Crippen molar-refractivity contribution in [3.05, 3.63) is 83.4 Å². The molecule has 2 aliphatic rings. The van der Waals surface area contributed by atoms with Crippen molar-refractivity contribution in [3.63, 3.8) is 0 Å². The lowest BCUT2D eigenvalue weighted by Gasteiger charge is -2.43. The van der Waals surface area contributed by atoms with E-state index in [1.165, 1.54) is 30.0 Å². The number of methoxy groups -OCH3 is 1. The van der Waals surface area contributed by atoms with Crippen molar-refractivity contribution in [1.29, 1.82) is 0 Å². The van der Waals surface area contributed by atoms with E-state index in [0.29, 0.717) is 18.7 Å². The van der Waals surface area contributed by atoms with Gasteiger partial charge < -0.3 is 64.1 Å². The lowest BCUT2D eigenvalue weighted by atomic mass is 9.97. The predicted molar refractivity (Wildman–Crippen MR) is 244 cm³/mol. The number of carbonyl (C=O) groups excluding carboxylic acids is 8. The summed E-state index contributed by atoms with van der Waals surface area (Å²) in [6, 6.07) is 17.6. The van der Waals surface area contributed by atoms with E-state index in [-0.39, 0.29) is 30.6 Å². The number of nitrogens with zero attached hydrogens (tertiary/aromatic N) is 1. The first-order valence-electron chi connectivity index (χ1n) is 22.1. The van der Waals surface area contributed by atoms with Crippen LogP contribution in [0.15, 0.2) is 66.7 Å². The molecule has 5 rings (SSSR count). The number of rotatable bonds is 19. The SMILES string of the molecule is CNCCN(C)C(=O)OCc1ccc(NC(=O)[C@H](C)NC(=O)[C@@H](NC(=O)OCC2c3ccccc3-c3ccccc32)C(C)C)c(OC2OC(C(=O)OC)C(OC(C)=O)C(OC(C)=O)C2OC(C)=O)c1. The van der Waals surface area contributed by atoms with Crippen molar-refractivity contribution in [2.24, 2.45) is 5.92 Å². The standard InChI is InChI=1S/C48H59N5O16/c1-25(2)38(52-47(60)63-24-35-33-16-12-10-14-31(33)32-15-11-13-17-34(32)35)44(58)50-26(3)43(57)51-36-19-18-30(23-64-48(61)53(8)21-20-49-7)22-37(36)68-46-42(67-29(6)56)40(66-28(5)55)39(65-27(4)54)41(69-46)45(59)62-9/h10-19,22,25-26,35,38-42,46,49H,20-21,23-24H2,1-9H3,(H,50,58)(H,51,57)(H,52,60)/t26-,38-,39?,40?,41?,42?,46?/m0/s1. The molecule has 3 aromatic carbocycles. The summed E-state index contributed by atoms with van der Waals surface area (Å²) in [7, 11) is 4.30. The molecule has 1 fully saturated rings. The zero-order valence-corrected chi connectivity index (χ0v) is 39.9. The molecule has 7 atom stereocenters. The molecule has 5 unspecified atom stereocenters. The summed E-state index contributed by atoms with van der Waals surface area (Å²) in [5.41, 5.74) is 4.38. The highest BCUT2D eigenvalue weighted by atomic mass is 16.7. The van der Waals surface area contributed by atoms with Crippen LogP contribution in [0.25, 0.3) is 11.1 Å². The summed E-state index contributed by atoms with van der Waals surface area (Å²) in [6.45, 7) is 8.46. The second kappa shape index (κ2) is 24.2. The molecule has 0 radical (unpaired) electrons. The number of benzene rings is 3. The minimum Gasteiger partial charge on any atom is -0.467 e. The smallest absolute Gasteiger partial charge is 0.409 e. The Hall–Kier alpha value is -7.26. The molecular formula is C48H59N5O16. The van der Waals surface area contributed by atoms with Gasteiger partial charge >= 0.3 is 36.1 Å². The van der Waals surface area contributed by atoms with E-state index < -0.39 is 96.6 Å². The Labute approximate surface area is 399 Å². The Morgan fingerprint density at radius 3 is 1.91 bits per heavy atom. The molecule has 21 nitrogen and oxygen atoms in total. The Morgan fingerprint density at radius 2 is 1.33 bits per heavy atom. The summed E-state index contributed by atoms with van der Waals surface area (Å²) in [5, 5.41) is 10.9. The van der Waals surface area contributed by atoms with Gasteiger partial charge in [-0.2, -0.15) is 0 Å². The van der Waals surface area contributed by atoms with Gasteiger partial charge in [0.2, 0.25) is 24.2 Å². The summed E-state index contributed by atoms with van der Waals surface area (Å²) in [4.78, 5) is 105. The number of ether oxygens (including phenoxy) is 8. The number of amides is 4. The molecule has 3 aromatic rings. The van der Waals surface area contributed by atoms with E-state index in [0.717, 1.165) is 50.1 Å². The fourth-order valence-electron chi connectivity index (χ4n) is 7.69. The van der Waals surface area contributed by atoms with Crippen LogP contribution in [0.1, 0.15) is 64.2 Å². The Kier molecular flexibility index (Phi) is 18.4. The van der Waals surface area contributed by atoms with Gasteiger partial charge in [-0.25, -0.2) is 14.4 Å². The van der Waals surface area contributed by atoms with Crippen LogP contribution in [-0.2, 0) is 68.5 Å². The molecule has 69 heavy (non-hydrogen) atoms. The molecule has 21 heteroatoms. The van der Waals surface area contributed by atoms with Crippen molar-refractivity contribution in [1.82, 2.24) is 20.9 Å². The van der Waals surface area contributed by atoms with Gasteiger partial charge in [0.15, 0.2) is 18.3 Å². The van der Waals surface area contributed by atoms with Crippen LogP contribution in [0, 0.1) is 5.92 Å². The number of carbonyl (C=O) groups is 8. The van der Waals surface area contributed by atoms with Gasteiger partial charge in [-0.05, 0) is 59.8 Å².